The van der Waals surface area contributed by atoms with Gasteiger partial charge in [0.1, 0.15) is 6.54 Å². The van der Waals surface area contributed by atoms with E-state index in [1.54, 1.807) is 36.4 Å². The number of halogens is 1. The molecule has 1 amide bonds. The maximum atomic E-state index is 13.4. The van der Waals surface area contributed by atoms with Crippen molar-refractivity contribution in [3.05, 3.63) is 94.0 Å². The van der Waals surface area contributed by atoms with Gasteiger partial charge in [0.05, 0.1) is 16.6 Å². The van der Waals surface area contributed by atoms with Gasteiger partial charge in [0.25, 0.3) is 10.0 Å². The number of carbonyl (C=O) groups excluding carboxylic acids is 1. The SMILES string of the molecule is CCC(NC(=O)CN(c1cccc(Br)c1)S(=O)(=O)c1ccccc1)c1ccc(C)cc1C. The molecule has 0 aromatic heterocycles. The molecule has 32 heavy (non-hydrogen) atoms. The lowest BCUT2D eigenvalue weighted by Gasteiger charge is -2.26. The number of benzene rings is 3. The quantitative estimate of drug-likeness (QED) is 0.429. The van der Waals surface area contributed by atoms with E-state index in [4.69, 9.17) is 0 Å². The Hall–Kier alpha value is -2.64. The number of anilines is 1. The van der Waals surface area contributed by atoms with Crippen molar-refractivity contribution in [2.75, 3.05) is 10.8 Å². The van der Waals surface area contributed by atoms with Gasteiger partial charge in [0.2, 0.25) is 5.91 Å². The van der Waals surface area contributed by atoms with E-state index < -0.39 is 10.0 Å². The van der Waals surface area contributed by atoms with Gasteiger partial charge in [0, 0.05) is 4.47 Å². The van der Waals surface area contributed by atoms with Gasteiger partial charge in [-0.15, -0.1) is 0 Å². The van der Waals surface area contributed by atoms with Crippen LogP contribution < -0.4 is 9.62 Å². The fourth-order valence-electron chi connectivity index (χ4n) is 3.65. The van der Waals surface area contributed by atoms with Crippen LogP contribution in [0.5, 0.6) is 0 Å². The third-order valence-electron chi connectivity index (χ3n) is 5.26. The second-order valence-corrected chi connectivity index (χ2v) is 10.5. The summed E-state index contributed by atoms with van der Waals surface area (Å²) in [5, 5.41) is 3.02. The summed E-state index contributed by atoms with van der Waals surface area (Å²) in [6.07, 6.45) is 0.692. The summed E-state index contributed by atoms with van der Waals surface area (Å²) < 4.78 is 28.7. The molecule has 1 N–H and O–H groups in total. The molecule has 0 saturated carbocycles. The minimum Gasteiger partial charge on any atom is -0.348 e. The average molecular weight is 515 g/mol. The van der Waals surface area contributed by atoms with E-state index in [-0.39, 0.29) is 23.4 Å². The monoisotopic (exact) mass is 514 g/mol. The highest BCUT2D eigenvalue weighted by molar-refractivity contribution is 9.10. The number of nitrogens with zero attached hydrogens (tertiary/aromatic N) is 1. The molecule has 3 rings (SSSR count). The van der Waals surface area contributed by atoms with Gasteiger partial charge in [-0.25, -0.2) is 8.42 Å². The molecule has 1 unspecified atom stereocenters. The number of sulfonamides is 1. The molecule has 5 nitrogen and oxygen atoms in total. The molecule has 3 aromatic carbocycles. The highest BCUT2D eigenvalue weighted by atomic mass is 79.9. The second-order valence-electron chi connectivity index (χ2n) is 7.69. The van der Waals surface area contributed by atoms with Gasteiger partial charge < -0.3 is 5.32 Å². The van der Waals surface area contributed by atoms with E-state index in [0.717, 1.165) is 25.5 Å². The van der Waals surface area contributed by atoms with Gasteiger partial charge in [0.15, 0.2) is 0 Å². The minimum absolute atomic E-state index is 0.134. The second kappa shape index (κ2) is 10.3. The molecule has 1 atom stereocenters. The van der Waals surface area contributed by atoms with E-state index >= 15 is 0 Å². The van der Waals surface area contributed by atoms with Gasteiger partial charge in [-0.3, -0.25) is 9.10 Å². The van der Waals surface area contributed by atoms with Crippen LogP contribution in [0.25, 0.3) is 0 Å². The van der Waals surface area contributed by atoms with Crippen LogP contribution in [0.1, 0.15) is 36.1 Å². The number of aryl methyl sites for hydroxylation is 2. The summed E-state index contributed by atoms with van der Waals surface area (Å²) >= 11 is 3.39. The summed E-state index contributed by atoms with van der Waals surface area (Å²) in [4.78, 5) is 13.2. The molecule has 0 heterocycles. The third-order valence-corrected chi connectivity index (χ3v) is 7.54. The Morgan fingerprint density at radius 1 is 1.00 bits per heavy atom. The average Bonchev–Trinajstić information content (AvgIpc) is 2.76. The first-order chi connectivity index (χ1) is 15.2. The third kappa shape index (κ3) is 5.58. The zero-order valence-electron chi connectivity index (χ0n) is 18.4. The lowest BCUT2D eigenvalue weighted by atomic mass is 9.97. The fourth-order valence-corrected chi connectivity index (χ4v) is 5.47. The fraction of sp³-hybridized carbons (Fsp3) is 0.240. The van der Waals surface area contributed by atoms with Crippen molar-refractivity contribution >= 4 is 37.5 Å². The van der Waals surface area contributed by atoms with Gasteiger partial charge in [-0.1, -0.05) is 70.9 Å². The molecule has 0 bridgehead atoms. The summed E-state index contributed by atoms with van der Waals surface area (Å²) in [6.45, 7) is 5.72. The van der Waals surface area contributed by atoms with Crippen LogP contribution in [-0.4, -0.2) is 20.9 Å². The zero-order chi connectivity index (χ0) is 23.3. The lowest BCUT2D eigenvalue weighted by molar-refractivity contribution is -0.120. The molecule has 0 saturated heterocycles. The maximum absolute atomic E-state index is 13.4. The van der Waals surface area contributed by atoms with Crippen LogP contribution in [0.2, 0.25) is 0 Å². The van der Waals surface area contributed by atoms with Crippen LogP contribution in [0.15, 0.2) is 82.2 Å². The van der Waals surface area contributed by atoms with Crippen molar-refractivity contribution in [1.82, 2.24) is 5.32 Å². The highest BCUT2D eigenvalue weighted by Crippen LogP contribution is 2.27. The van der Waals surface area contributed by atoms with Crippen LogP contribution in [0.4, 0.5) is 5.69 Å². The number of carbonyl (C=O) groups is 1. The van der Waals surface area contributed by atoms with Crippen molar-refractivity contribution in [3.8, 4) is 0 Å². The normalized spacial score (nSPS) is 12.2. The molecule has 0 radical (unpaired) electrons. The van der Waals surface area contributed by atoms with Crippen molar-refractivity contribution in [1.29, 1.82) is 0 Å². The first kappa shape index (κ1) is 24.0. The Bertz CT molecular complexity index is 1200. The van der Waals surface area contributed by atoms with Gasteiger partial charge in [-0.05, 0) is 61.7 Å². The molecule has 7 heteroatoms. The first-order valence-electron chi connectivity index (χ1n) is 10.4. The molecule has 0 aliphatic rings. The Morgan fingerprint density at radius 2 is 1.72 bits per heavy atom. The largest absolute Gasteiger partial charge is 0.348 e. The molecule has 0 spiro atoms. The number of rotatable bonds is 8. The van der Waals surface area contributed by atoms with Crippen molar-refractivity contribution in [3.63, 3.8) is 0 Å². The van der Waals surface area contributed by atoms with Gasteiger partial charge in [-0.2, -0.15) is 0 Å². The molecule has 0 aliphatic heterocycles. The van der Waals surface area contributed by atoms with Gasteiger partial charge >= 0.3 is 0 Å². The van der Waals surface area contributed by atoms with E-state index in [1.807, 2.05) is 39.0 Å². The standard InChI is InChI=1S/C25H27BrN2O3S/c1-4-24(23-14-13-18(2)15-19(23)3)27-25(29)17-28(21-10-8-9-20(26)16-21)32(30,31)22-11-6-5-7-12-22/h5-16,24H,4,17H2,1-3H3,(H,27,29). The smallest absolute Gasteiger partial charge is 0.264 e. The number of amides is 1. The lowest BCUT2D eigenvalue weighted by Crippen LogP contribution is -2.42. The van der Waals surface area contributed by atoms with E-state index in [0.29, 0.717) is 12.1 Å². The van der Waals surface area contributed by atoms with Crippen molar-refractivity contribution in [2.24, 2.45) is 0 Å². The zero-order valence-corrected chi connectivity index (χ0v) is 20.8. The summed E-state index contributed by atoms with van der Waals surface area (Å²) in [7, 11) is -3.94. The summed E-state index contributed by atoms with van der Waals surface area (Å²) in [5.41, 5.74) is 3.70. The van der Waals surface area contributed by atoms with E-state index in [2.05, 4.69) is 27.3 Å². The predicted octanol–water partition coefficient (Wildman–Crippen LogP) is 5.53. The highest BCUT2D eigenvalue weighted by Gasteiger charge is 2.28. The molecule has 0 aliphatic carbocycles. The number of hydrogen-bond acceptors (Lipinski definition) is 3. The first-order valence-corrected chi connectivity index (χ1v) is 12.7. The summed E-state index contributed by atoms with van der Waals surface area (Å²) in [5.74, 6) is -0.365. The maximum Gasteiger partial charge on any atom is 0.264 e. The number of hydrogen-bond donors (Lipinski definition) is 1. The van der Waals surface area contributed by atoms with Crippen LogP contribution in [-0.2, 0) is 14.8 Å². The number of nitrogens with one attached hydrogen (secondary N) is 1. The van der Waals surface area contributed by atoms with Crippen LogP contribution in [0, 0.1) is 13.8 Å². The van der Waals surface area contributed by atoms with Crippen LogP contribution in [0.3, 0.4) is 0 Å². The van der Waals surface area contributed by atoms with Crippen molar-refractivity contribution < 1.29 is 13.2 Å². The molecule has 3 aromatic rings. The summed E-state index contributed by atoms with van der Waals surface area (Å²) in [6, 6.07) is 21.0. The molecular formula is C25H27BrN2O3S. The topological polar surface area (TPSA) is 66.5 Å². The molecule has 0 fully saturated rings. The Morgan fingerprint density at radius 3 is 2.34 bits per heavy atom. The van der Waals surface area contributed by atoms with Crippen LogP contribution >= 0.6 is 15.9 Å². The Balaban J connectivity index is 1.91. The minimum atomic E-state index is -3.94. The molecule has 168 valence electrons. The van der Waals surface area contributed by atoms with E-state index in [9.17, 15) is 13.2 Å². The Kier molecular flexibility index (Phi) is 7.74. The molecular weight excluding hydrogens is 488 g/mol. The van der Waals surface area contributed by atoms with Crippen molar-refractivity contribution in [2.45, 2.75) is 38.1 Å². The van der Waals surface area contributed by atoms with E-state index in [1.165, 1.54) is 12.1 Å². The predicted molar refractivity (Wildman–Crippen MR) is 132 cm³/mol. The Labute approximate surface area is 198 Å².